The monoisotopic (exact) mass is 326 g/mol. The Balaban J connectivity index is 1.84. The smallest absolute Gasteiger partial charge is 0.263 e. The summed E-state index contributed by atoms with van der Waals surface area (Å²) in [5, 5.41) is 3.72. The van der Waals surface area contributed by atoms with Crippen LogP contribution in [0.15, 0.2) is 36.7 Å². The highest BCUT2D eigenvalue weighted by molar-refractivity contribution is 7.21. The molecule has 0 aliphatic heterocycles. The summed E-state index contributed by atoms with van der Waals surface area (Å²) >= 11 is 1.33. The molecule has 1 amide bonds. The average Bonchev–Trinajstić information content (AvgIpc) is 2.90. The molecule has 0 saturated heterocycles. The minimum atomic E-state index is -0.180. The van der Waals surface area contributed by atoms with E-state index in [-0.39, 0.29) is 5.91 Å². The predicted octanol–water partition coefficient (Wildman–Crippen LogP) is 3.33. The second-order valence-corrected chi connectivity index (χ2v) is 6.63. The molecule has 0 bridgehead atoms. The SMILES string of the molecule is CC(C)c1ccc2c(N)c(C(=O)NCc3cccnc3)sc2n1. The van der Waals surface area contributed by atoms with Crippen LogP contribution in [0.2, 0.25) is 0 Å². The summed E-state index contributed by atoms with van der Waals surface area (Å²) in [6.45, 7) is 4.60. The van der Waals surface area contributed by atoms with Crippen LogP contribution in [0.5, 0.6) is 0 Å². The van der Waals surface area contributed by atoms with Crippen molar-refractivity contribution < 1.29 is 4.79 Å². The summed E-state index contributed by atoms with van der Waals surface area (Å²) in [5.41, 5.74) is 8.58. The number of carbonyl (C=O) groups is 1. The summed E-state index contributed by atoms with van der Waals surface area (Å²) in [6, 6.07) is 7.67. The second kappa shape index (κ2) is 6.34. The van der Waals surface area contributed by atoms with Crippen LogP contribution in [-0.4, -0.2) is 15.9 Å². The third-order valence-electron chi connectivity index (χ3n) is 3.59. The van der Waals surface area contributed by atoms with Crippen molar-refractivity contribution >= 4 is 33.1 Å². The van der Waals surface area contributed by atoms with Gasteiger partial charge >= 0.3 is 0 Å². The van der Waals surface area contributed by atoms with Crippen LogP contribution in [0.25, 0.3) is 10.2 Å². The maximum absolute atomic E-state index is 12.4. The lowest BCUT2D eigenvalue weighted by atomic mass is 10.1. The molecule has 0 radical (unpaired) electrons. The summed E-state index contributed by atoms with van der Waals surface area (Å²) in [4.78, 5) is 22.4. The van der Waals surface area contributed by atoms with Crippen LogP contribution in [0.1, 0.15) is 40.7 Å². The van der Waals surface area contributed by atoms with Gasteiger partial charge < -0.3 is 11.1 Å². The van der Waals surface area contributed by atoms with Gasteiger partial charge in [0.25, 0.3) is 5.91 Å². The zero-order valence-electron chi connectivity index (χ0n) is 13.0. The van der Waals surface area contributed by atoms with Gasteiger partial charge in [-0.2, -0.15) is 0 Å². The van der Waals surface area contributed by atoms with Gasteiger partial charge in [-0.15, -0.1) is 11.3 Å². The molecule has 3 N–H and O–H groups in total. The Morgan fingerprint density at radius 2 is 2.17 bits per heavy atom. The van der Waals surface area contributed by atoms with Gasteiger partial charge in [-0.1, -0.05) is 19.9 Å². The lowest BCUT2D eigenvalue weighted by Crippen LogP contribution is -2.22. The fourth-order valence-electron chi connectivity index (χ4n) is 2.27. The van der Waals surface area contributed by atoms with Gasteiger partial charge in [0, 0.05) is 30.0 Å². The Morgan fingerprint density at radius 1 is 1.35 bits per heavy atom. The van der Waals surface area contributed by atoms with Crippen LogP contribution < -0.4 is 11.1 Å². The van der Waals surface area contributed by atoms with E-state index in [1.165, 1.54) is 11.3 Å². The third kappa shape index (κ3) is 3.17. The minimum Gasteiger partial charge on any atom is -0.397 e. The van der Waals surface area contributed by atoms with Gasteiger partial charge in [0.2, 0.25) is 0 Å². The van der Waals surface area contributed by atoms with Crippen molar-refractivity contribution in [3.63, 3.8) is 0 Å². The fourth-order valence-corrected chi connectivity index (χ4v) is 3.28. The van der Waals surface area contributed by atoms with Crippen molar-refractivity contribution in [2.45, 2.75) is 26.3 Å². The van der Waals surface area contributed by atoms with Gasteiger partial charge in [-0.25, -0.2) is 4.98 Å². The van der Waals surface area contributed by atoms with E-state index in [2.05, 4.69) is 29.1 Å². The largest absolute Gasteiger partial charge is 0.397 e. The Morgan fingerprint density at radius 3 is 2.87 bits per heavy atom. The summed E-state index contributed by atoms with van der Waals surface area (Å²) in [6.07, 6.45) is 3.43. The van der Waals surface area contributed by atoms with Crippen LogP contribution >= 0.6 is 11.3 Å². The lowest BCUT2D eigenvalue weighted by Gasteiger charge is -2.04. The zero-order chi connectivity index (χ0) is 16.4. The van der Waals surface area contributed by atoms with Gasteiger partial charge in [0.05, 0.1) is 5.69 Å². The fraction of sp³-hybridized carbons (Fsp3) is 0.235. The molecule has 0 aliphatic carbocycles. The maximum Gasteiger partial charge on any atom is 0.263 e. The van der Waals surface area contributed by atoms with Crippen molar-refractivity contribution in [1.82, 2.24) is 15.3 Å². The minimum absolute atomic E-state index is 0.180. The number of nitrogens with zero attached hydrogens (tertiary/aromatic N) is 2. The van der Waals surface area contributed by atoms with Crippen molar-refractivity contribution in [3.05, 3.63) is 52.8 Å². The van der Waals surface area contributed by atoms with Gasteiger partial charge in [-0.3, -0.25) is 9.78 Å². The van der Waals surface area contributed by atoms with Gasteiger partial charge in [0.15, 0.2) is 0 Å². The number of anilines is 1. The second-order valence-electron chi connectivity index (χ2n) is 5.63. The number of thiophene rings is 1. The predicted molar refractivity (Wildman–Crippen MR) is 93.5 cm³/mol. The van der Waals surface area contributed by atoms with E-state index in [0.717, 1.165) is 21.5 Å². The third-order valence-corrected chi connectivity index (χ3v) is 4.70. The molecule has 118 valence electrons. The number of fused-ring (bicyclic) bond motifs is 1. The number of carbonyl (C=O) groups excluding carboxylic acids is 1. The molecule has 6 heteroatoms. The van der Waals surface area contributed by atoms with Crippen molar-refractivity contribution in [1.29, 1.82) is 0 Å². The first-order valence-electron chi connectivity index (χ1n) is 7.42. The standard InChI is InChI=1S/C17H18N4OS/c1-10(2)13-6-5-12-14(18)15(23-17(12)21-13)16(22)20-9-11-4-3-7-19-8-11/h3-8,10H,9,18H2,1-2H3,(H,20,22). The number of nitrogens with one attached hydrogen (secondary N) is 1. The molecular formula is C17H18N4OS. The molecule has 0 fully saturated rings. The first-order valence-corrected chi connectivity index (χ1v) is 8.24. The van der Waals surface area contributed by atoms with Crippen LogP contribution in [-0.2, 0) is 6.54 Å². The lowest BCUT2D eigenvalue weighted by molar-refractivity contribution is 0.0956. The molecule has 0 spiro atoms. The maximum atomic E-state index is 12.4. The number of rotatable bonds is 4. The van der Waals surface area contributed by atoms with E-state index in [1.807, 2.05) is 24.3 Å². The Hall–Kier alpha value is -2.47. The van der Waals surface area contributed by atoms with Crippen LogP contribution in [0.4, 0.5) is 5.69 Å². The Labute approximate surface area is 138 Å². The summed E-state index contributed by atoms with van der Waals surface area (Å²) in [7, 11) is 0. The number of amides is 1. The molecule has 0 aliphatic rings. The number of hydrogen-bond acceptors (Lipinski definition) is 5. The van der Waals surface area contributed by atoms with Crippen molar-refractivity contribution in [3.8, 4) is 0 Å². The molecule has 0 aromatic carbocycles. The van der Waals surface area contributed by atoms with E-state index in [0.29, 0.717) is 23.0 Å². The molecule has 3 rings (SSSR count). The quantitative estimate of drug-likeness (QED) is 0.770. The first-order chi connectivity index (χ1) is 11.1. The van der Waals surface area contributed by atoms with E-state index in [1.54, 1.807) is 12.4 Å². The Kier molecular flexibility index (Phi) is 4.25. The highest BCUT2D eigenvalue weighted by atomic mass is 32.1. The average molecular weight is 326 g/mol. The molecule has 0 unspecified atom stereocenters. The number of nitrogens with two attached hydrogens (primary N) is 1. The normalized spacial score (nSPS) is 11.1. The van der Waals surface area contributed by atoms with Crippen LogP contribution in [0.3, 0.4) is 0 Å². The van der Waals surface area contributed by atoms with E-state index < -0.39 is 0 Å². The molecule has 0 atom stereocenters. The molecular weight excluding hydrogens is 308 g/mol. The van der Waals surface area contributed by atoms with E-state index in [9.17, 15) is 4.79 Å². The molecule has 3 aromatic heterocycles. The topological polar surface area (TPSA) is 80.9 Å². The van der Waals surface area contributed by atoms with Crippen molar-refractivity contribution in [2.24, 2.45) is 0 Å². The first kappa shape index (κ1) is 15.4. The molecule has 5 nitrogen and oxygen atoms in total. The van der Waals surface area contributed by atoms with Gasteiger partial charge in [0.1, 0.15) is 9.71 Å². The highest BCUT2D eigenvalue weighted by Gasteiger charge is 2.17. The van der Waals surface area contributed by atoms with Crippen molar-refractivity contribution in [2.75, 3.05) is 5.73 Å². The van der Waals surface area contributed by atoms with E-state index in [4.69, 9.17) is 5.73 Å². The van der Waals surface area contributed by atoms with E-state index >= 15 is 0 Å². The number of nitrogen functional groups attached to an aromatic ring is 1. The Bertz CT molecular complexity index is 842. The number of pyridine rings is 2. The summed E-state index contributed by atoms with van der Waals surface area (Å²) < 4.78 is 0. The zero-order valence-corrected chi connectivity index (χ0v) is 13.9. The van der Waals surface area contributed by atoms with Gasteiger partial charge in [-0.05, 0) is 29.7 Å². The molecule has 0 saturated carbocycles. The summed E-state index contributed by atoms with van der Waals surface area (Å²) in [5.74, 6) is 0.158. The highest BCUT2D eigenvalue weighted by Crippen LogP contribution is 2.33. The molecule has 3 heterocycles. The molecule has 3 aromatic rings. The number of hydrogen-bond donors (Lipinski definition) is 2. The number of aromatic nitrogens is 2. The molecule has 23 heavy (non-hydrogen) atoms. The van der Waals surface area contributed by atoms with Crippen LogP contribution in [0, 0.1) is 0 Å².